The first-order valence-corrected chi connectivity index (χ1v) is 12.3. The van der Waals surface area contributed by atoms with E-state index in [1.165, 1.54) is 44.5 Å². The van der Waals surface area contributed by atoms with Crippen LogP contribution >= 0.6 is 0 Å². The maximum Gasteiger partial charge on any atom is 0.0790 e. The van der Waals surface area contributed by atoms with Gasteiger partial charge < -0.3 is 5.32 Å². The molecule has 1 unspecified atom stereocenters. The molecule has 1 nitrogen and oxygen atoms in total. The molecular formula is C34H33N. The first-order valence-electron chi connectivity index (χ1n) is 12.3. The van der Waals surface area contributed by atoms with Crippen LogP contribution in [0.25, 0.3) is 11.1 Å². The van der Waals surface area contributed by atoms with E-state index in [4.69, 9.17) is 0 Å². The van der Waals surface area contributed by atoms with Crippen LogP contribution in [0.4, 0.5) is 5.69 Å². The molecule has 1 heterocycles. The van der Waals surface area contributed by atoms with E-state index >= 15 is 0 Å². The molecule has 0 bridgehead atoms. The summed E-state index contributed by atoms with van der Waals surface area (Å²) in [4.78, 5) is 0. The Morgan fingerprint density at radius 2 is 1.23 bits per heavy atom. The Hall–Kier alpha value is -3.84. The van der Waals surface area contributed by atoms with Crippen LogP contribution in [0.15, 0.2) is 97.6 Å². The lowest BCUT2D eigenvalue weighted by molar-refractivity contribution is 0.684. The van der Waals surface area contributed by atoms with Gasteiger partial charge in [-0.3, -0.25) is 0 Å². The first-order chi connectivity index (χ1) is 16.7. The van der Waals surface area contributed by atoms with Crippen LogP contribution in [0, 0.1) is 27.7 Å². The quantitative estimate of drug-likeness (QED) is 0.324. The van der Waals surface area contributed by atoms with Crippen molar-refractivity contribution in [1.82, 2.24) is 0 Å². The van der Waals surface area contributed by atoms with Gasteiger partial charge in [-0.05, 0) is 86.2 Å². The second-order valence-electron chi connectivity index (χ2n) is 10.2. The van der Waals surface area contributed by atoms with Crippen molar-refractivity contribution in [1.29, 1.82) is 0 Å². The SMILES string of the molecule is C=C(c1ccc(C)cc1)c1cc(C)cc2c1NC(C)(c1ccc(C)cc1)C=C2c1ccc(C)cc1. The number of hydrogen-bond acceptors (Lipinski definition) is 1. The Morgan fingerprint density at radius 1 is 0.686 bits per heavy atom. The van der Waals surface area contributed by atoms with Gasteiger partial charge in [0.25, 0.3) is 0 Å². The maximum absolute atomic E-state index is 4.56. The molecule has 0 aromatic heterocycles. The minimum Gasteiger partial charge on any atom is -0.371 e. The van der Waals surface area contributed by atoms with Gasteiger partial charge in [-0.2, -0.15) is 0 Å². The van der Waals surface area contributed by atoms with Crippen molar-refractivity contribution in [2.24, 2.45) is 0 Å². The highest BCUT2D eigenvalue weighted by molar-refractivity contribution is 5.97. The Bertz CT molecular complexity index is 1430. The van der Waals surface area contributed by atoms with Crippen molar-refractivity contribution in [3.05, 3.63) is 148 Å². The highest BCUT2D eigenvalue weighted by Crippen LogP contribution is 2.46. The highest BCUT2D eigenvalue weighted by Gasteiger charge is 2.33. The third-order valence-electron chi connectivity index (χ3n) is 7.13. The van der Waals surface area contributed by atoms with E-state index in [0.717, 1.165) is 22.4 Å². The lowest BCUT2D eigenvalue weighted by Gasteiger charge is -2.38. The van der Waals surface area contributed by atoms with Gasteiger partial charge in [-0.25, -0.2) is 0 Å². The Morgan fingerprint density at radius 3 is 1.83 bits per heavy atom. The van der Waals surface area contributed by atoms with Crippen molar-refractivity contribution in [2.45, 2.75) is 40.2 Å². The smallest absolute Gasteiger partial charge is 0.0790 e. The van der Waals surface area contributed by atoms with Crippen molar-refractivity contribution in [3.63, 3.8) is 0 Å². The number of rotatable bonds is 4. The molecule has 0 saturated heterocycles. The molecule has 4 aromatic carbocycles. The summed E-state index contributed by atoms with van der Waals surface area (Å²) in [6, 6.07) is 31.0. The second-order valence-corrected chi connectivity index (χ2v) is 10.2. The molecule has 0 fully saturated rings. The van der Waals surface area contributed by atoms with E-state index < -0.39 is 0 Å². The largest absolute Gasteiger partial charge is 0.371 e. The predicted molar refractivity (Wildman–Crippen MR) is 151 cm³/mol. The van der Waals surface area contributed by atoms with Gasteiger partial charge in [0, 0.05) is 11.1 Å². The van der Waals surface area contributed by atoms with E-state index in [9.17, 15) is 0 Å². The fourth-order valence-electron chi connectivity index (χ4n) is 4.97. The summed E-state index contributed by atoms with van der Waals surface area (Å²) in [5.41, 5.74) is 14.1. The van der Waals surface area contributed by atoms with E-state index in [2.05, 4.69) is 138 Å². The average Bonchev–Trinajstić information content (AvgIpc) is 2.84. The van der Waals surface area contributed by atoms with Crippen molar-refractivity contribution < 1.29 is 0 Å². The lowest BCUT2D eigenvalue weighted by atomic mass is 9.79. The van der Waals surface area contributed by atoms with Crippen LogP contribution < -0.4 is 5.32 Å². The lowest BCUT2D eigenvalue weighted by Crippen LogP contribution is -2.33. The van der Waals surface area contributed by atoms with E-state index in [1.54, 1.807) is 0 Å². The van der Waals surface area contributed by atoms with Crippen LogP contribution in [-0.2, 0) is 5.54 Å². The molecule has 0 aliphatic carbocycles. The molecule has 5 rings (SSSR count). The van der Waals surface area contributed by atoms with Crippen molar-refractivity contribution in [3.8, 4) is 0 Å². The zero-order valence-corrected chi connectivity index (χ0v) is 21.4. The van der Waals surface area contributed by atoms with Crippen LogP contribution in [0.1, 0.15) is 57.0 Å². The van der Waals surface area contributed by atoms with Gasteiger partial charge in [0.1, 0.15) is 0 Å². The molecule has 0 amide bonds. The normalized spacial score (nSPS) is 16.8. The standard InChI is InChI=1S/C34H33N/c1-22-7-13-27(14-8-22)26(5)30-19-25(4)20-31-32(28-15-9-23(2)10-16-28)21-34(6,35-33(30)31)29-17-11-24(3)12-18-29/h7-21,35H,5H2,1-4,6H3. The number of anilines is 1. The van der Waals surface area contributed by atoms with Gasteiger partial charge in [0.05, 0.1) is 11.2 Å². The minimum atomic E-state index is -0.363. The molecular weight excluding hydrogens is 422 g/mol. The van der Waals surface area contributed by atoms with Crippen LogP contribution in [-0.4, -0.2) is 0 Å². The maximum atomic E-state index is 4.56. The summed E-state index contributed by atoms with van der Waals surface area (Å²) < 4.78 is 0. The van der Waals surface area contributed by atoms with Crippen molar-refractivity contribution in [2.75, 3.05) is 5.32 Å². The molecule has 1 N–H and O–H groups in total. The number of nitrogens with one attached hydrogen (secondary N) is 1. The first kappa shape index (κ1) is 22.9. The average molecular weight is 456 g/mol. The number of fused-ring (bicyclic) bond motifs is 1. The van der Waals surface area contributed by atoms with Gasteiger partial charge in [-0.15, -0.1) is 0 Å². The number of benzene rings is 4. The predicted octanol–water partition coefficient (Wildman–Crippen LogP) is 8.75. The number of aryl methyl sites for hydroxylation is 4. The molecule has 35 heavy (non-hydrogen) atoms. The molecule has 1 heteroatoms. The van der Waals surface area contributed by atoms with Crippen molar-refractivity contribution >= 4 is 16.8 Å². The molecule has 1 atom stereocenters. The molecule has 0 radical (unpaired) electrons. The minimum absolute atomic E-state index is 0.363. The molecule has 4 aromatic rings. The van der Waals surface area contributed by atoms with Crippen LogP contribution in [0.3, 0.4) is 0 Å². The fraction of sp³-hybridized carbons (Fsp3) is 0.176. The van der Waals surface area contributed by atoms with Gasteiger partial charge in [0.15, 0.2) is 0 Å². The van der Waals surface area contributed by atoms with Crippen LogP contribution in [0.2, 0.25) is 0 Å². The third-order valence-corrected chi connectivity index (χ3v) is 7.13. The molecule has 1 aliphatic rings. The topological polar surface area (TPSA) is 12.0 Å². The summed E-state index contributed by atoms with van der Waals surface area (Å²) in [5.74, 6) is 0. The Labute approximate surface area is 209 Å². The molecule has 174 valence electrons. The Balaban J connectivity index is 1.74. The highest BCUT2D eigenvalue weighted by atomic mass is 15.0. The van der Waals surface area contributed by atoms with E-state index in [0.29, 0.717) is 0 Å². The summed E-state index contributed by atoms with van der Waals surface area (Å²) in [6.45, 7) is 15.4. The third kappa shape index (κ3) is 4.35. The van der Waals surface area contributed by atoms with Crippen LogP contribution in [0.5, 0.6) is 0 Å². The second kappa shape index (κ2) is 8.74. The van der Waals surface area contributed by atoms with Gasteiger partial charge in [-0.1, -0.05) is 96.1 Å². The molecule has 0 spiro atoms. The summed E-state index contributed by atoms with van der Waals surface area (Å²) in [5, 5.41) is 3.94. The summed E-state index contributed by atoms with van der Waals surface area (Å²) >= 11 is 0. The molecule has 0 saturated carbocycles. The summed E-state index contributed by atoms with van der Waals surface area (Å²) in [6.07, 6.45) is 2.39. The van der Waals surface area contributed by atoms with E-state index in [1.807, 2.05) is 0 Å². The summed E-state index contributed by atoms with van der Waals surface area (Å²) in [7, 11) is 0. The number of hydrogen-bond donors (Lipinski definition) is 1. The van der Waals surface area contributed by atoms with Gasteiger partial charge >= 0.3 is 0 Å². The monoisotopic (exact) mass is 455 g/mol. The van der Waals surface area contributed by atoms with E-state index in [-0.39, 0.29) is 5.54 Å². The molecule has 1 aliphatic heterocycles. The zero-order valence-electron chi connectivity index (χ0n) is 21.4. The van der Waals surface area contributed by atoms with Gasteiger partial charge in [0.2, 0.25) is 0 Å². The zero-order chi connectivity index (χ0) is 24.7. The fourth-order valence-corrected chi connectivity index (χ4v) is 4.97. The Kier molecular flexibility index (Phi) is 5.73.